The van der Waals surface area contributed by atoms with E-state index in [1.165, 1.54) is 24.3 Å². The van der Waals surface area contributed by atoms with Gasteiger partial charge in [0.25, 0.3) is 15.9 Å². The summed E-state index contributed by atoms with van der Waals surface area (Å²) in [5.74, 6) is 0.118. The maximum absolute atomic E-state index is 13.1. The summed E-state index contributed by atoms with van der Waals surface area (Å²) in [6.45, 7) is 1.79. The molecule has 0 heterocycles. The number of rotatable bonds is 12. The van der Waals surface area contributed by atoms with E-state index in [-0.39, 0.29) is 15.4 Å². The Morgan fingerprint density at radius 1 is 0.682 bits per heavy atom. The van der Waals surface area contributed by atoms with Crippen molar-refractivity contribution < 1.29 is 21.6 Å². The van der Waals surface area contributed by atoms with E-state index in [9.17, 15) is 21.6 Å². The number of nitrogens with zero attached hydrogens (tertiary/aromatic N) is 1. The molecule has 226 valence electrons. The molecule has 0 radical (unpaired) electrons. The number of carbonyl (C=O) groups is 1. The minimum atomic E-state index is -4.11. The molecule has 0 aliphatic rings. The van der Waals surface area contributed by atoms with Crippen LogP contribution in [0.3, 0.4) is 0 Å². The number of sulfonamides is 2. The van der Waals surface area contributed by atoms with Crippen molar-refractivity contribution in [1.29, 1.82) is 0 Å². The summed E-state index contributed by atoms with van der Waals surface area (Å²) >= 11 is 1.73. The Bertz CT molecular complexity index is 1960. The predicted octanol–water partition coefficient (Wildman–Crippen LogP) is 5.40. The molecule has 0 fully saturated rings. The number of fused-ring (bicyclic) bond motifs is 1. The van der Waals surface area contributed by atoms with E-state index >= 15 is 0 Å². The first-order valence-electron chi connectivity index (χ1n) is 13.7. The van der Waals surface area contributed by atoms with Gasteiger partial charge in [-0.25, -0.2) is 26.7 Å². The Kier molecular flexibility index (Phi) is 9.82. The van der Waals surface area contributed by atoms with Crippen molar-refractivity contribution in [3.8, 4) is 0 Å². The summed E-state index contributed by atoms with van der Waals surface area (Å²) in [6.07, 6.45) is 0. The van der Waals surface area contributed by atoms with Crippen LogP contribution in [-0.2, 0) is 33.1 Å². The van der Waals surface area contributed by atoms with E-state index in [0.717, 1.165) is 33.7 Å². The molecule has 0 spiro atoms. The molecule has 5 aromatic rings. The zero-order valence-electron chi connectivity index (χ0n) is 23.7. The molecule has 0 unspecified atom stereocenters. The second kappa shape index (κ2) is 13.7. The fourth-order valence-electron chi connectivity index (χ4n) is 4.76. The highest BCUT2D eigenvalue weighted by Gasteiger charge is 2.20. The van der Waals surface area contributed by atoms with Gasteiger partial charge in [0.2, 0.25) is 10.0 Å². The van der Waals surface area contributed by atoms with Gasteiger partial charge >= 0.3 is 0 Å². The monoisotopic (exact) mass is 645 g/mol. The first-order chi connectivity index (χ1) is 21.1. The zero-order valence-corrected chi connectivity index (χ0v) is 26.1. The topological polar surface area (TPSA) is 127 Å². The number of nitrogens with two attached hydrogens (primary N) is 1. The van der Waals surface area contributed by atoms with Crippen LogP contribution in [0.1, 0.15) is 21.5 Å². The lowest BCUT2D eigenvalue weighted by molar-refractivity contribution is 0.0983. The van der Waals surface area contributed by atoms with E-state index in [2.05, 4.69) is 21.8 Å². The number of hydrogen-bond acceptors (Lipinski definition) is 7. The molecule has 8 nitrogen and oxygen atoms in total. The molecular weight excluding hydrogens is 615 g/mol. The van der Waals surface area contributed by atoms with Crippen LogP contribution in [0.4, 0.5) is 0 Å². The van der Waals surface area contributed by atoms with Crippen LogP contribution in [0.15, 0.2) is 136 Å². The SMILES string of the molecule is NS(=O)(=O)c1ccc(CN(CCSc2ccccc2)Cc2ccc(S(=O)(=O)NC(=O)c3cccc4ccccc34)cc2)cc1. The van der Waals surface area contributed by atoms with Crippen molar-refractivity contribution in [3.05, 3.63) is 138 Å². The van der Waals surface area contributed by atoms with Crippen molar-refractivity contribution >= 4 is 48.5 Å². The van der Waals surface area contributed by atoms with Crippen LogP contribution in [0.5, 0.6) is 0 Å². The van der Waals surface area contributed by atoms with Gasteiger partial charge in [0.05, 0.1) is 9.79 Å². The van der Waals surface area contributed by atoms with Gasteiger partial charge in [0.15, 0.2) is 0 Å². The van der Waals surface area contributed by atoms with Gasteiger partial charge in [0, 0.05) is 35.8 Å². The Morgan fingerprint density at radius 3 is 1.89 bits per heavy atom. The number of thioether (sulfide) groups is 1. The summed E-state index contributed by atoms with van der Waals surface area (Å²) in [4.78, 5) is 16.4. The van der Waals surface area contributed by atoms with Gasteiger partial charge < -0.3 is 0 Å². The predicted molar refractivity (Wildman–Crippen MR) is 174 cm³/mol. The maximum atomic E-state index is 13.1. The summed E-state index contributed by atoms with van der Waals surface area (Å²) in [5.41, 5.74) is 2.08. The molecule has 3 N–H and O–H groups in total. The minimum absolute atomic E-state index is 0.0143. The average Bonchev–Trinajstić information content (AvgIpc) is 3.01. The molecule has 5 rings (SSSR count). The van der Waals surface area contributed by atoms with E-state index in [0.29, 0.717) is 18.5 Å². The fraction of sp³-hybridized carbons (Fsp3) is 0.121. The summed E-state index contributed by atoms with van der Waals surface area (Å²) in [7, 11) is -7.89. The fourth-order valence-corrected chi connectivity index (χ4v) is 7.17. The second-order valence-corrected chi connectivity index (χ2v) is 14.6. The lowest BCUT2D eigenvalue weighted by atomic mass is 10.0. The first kappa shape index (κ1) is 31.4. The summed E-state index contributed by atoms with van der Waals surface area (Å²) in [6, 6.07) is 35.5. The molecule has 0 saturated heterocycles. The van der Waals surface area contributed by atoms with Crippen molar-refractivity contribution in [2.75, 3.05) is 12.3 Å². The first-order valence-corrected chi connectivity index (χ1v) is 17.8. The molecule has 0 atom stereocenters. The van der Waals surface area contributed by atoms with Crippen LogP contribution in [0.25, 0.3) is 10.8 Å². The third kappa shape index (κ3) is 8.13. The minimum Gasteiger partial charge on any atom is -0.294 e. The third-order valence-corrected chi connectivity index (χ3v) is 10.2. The Labute approximate surface area is 262 Å². The molecule has 0 aliphatic heterocycles. The highest BCUT2D eigenvalue weighted by atomic mass is 32.2. The summed E-state index contributed by atoms with van der Waals surface area (Å²) < 4.78 is 51.7. The van der Waals surface area contributed by atoms with Crippen molar-refractivity contribution in [2.45, 2.75) is 27.8 Å². The van der Waals surface area contributed by atoms with Crippen LogP contribution < -0.4 is 9.86 Å². The van der Waals surface area contributed by atoms with Crippen molar-refractivity contribution in [2.24, 2.45) is 5.14 Å². The normalized spacial score (nSPS) is 12.0. The number of primary sulfonamides is 1. The third-order valence-electron chi connectivity index (χ3n) is 6.98. The highest BCUT2D eigenvalue weighted by Crippen LogP contribution is 2.21. The van der Waals surface area contributed by atoms with Gasteiger partial charge in [-0.15, -0.1) is 11.8 Å². The number of amides is 1. The molecule has 0 aliphatic carbocycles. The number of nitrogens with one attached hydrogen (secondary N) is 1. The molecule has 1 amide bonds. The smallest absolute Gasteiger partial charge is 0.265 e. The maximum Gasteiger partial charge on any atom is 0.265 e. The van der Waals surface area contributed by atoms with Crippen LogP contribution in [-0.4, -0.2) is 39.9 Å². The second-order valence-electron chi connectivity index (χ2n) is 10.2. The average molecular weight is 646 g/mol. The molecule has 0 bridgehead atoms. The van der Waals surface area contributed by atoms with Crippen LogP contribution >= 0.6 is 11.8 Å². The molecule has 5 aromatic carbocycles. The van der Waals surface area contributed by atoms with Gasteiger partial charge in [-0.3, -0.25) is 9.69 Å². The number of benzene rings is 5. The molecule has 11 heteroatoms. The Balaban J connectivity index is 1.29. The number of hydrogen-bond donors (Lipinski definition) is 2. The van der Waals surface area contributed by atoms with E-state index in [1.807, 2.05) is 36.4 Å². The highest BCUT2D eigenvalue weighted by molar-refractivity contribution is 7.99. The molecule has 44 heavy (non-hydrogen) atoms. The van der Waals surface area contributed by atoms with E-state index in [1.54, 1.807) is 60.3 Å². The van der Waals surface area contributed by atoms with E-state index < -0.39 is 26.0 Å². The Hall–Kier alpha value is -4.00. The van der Waals surface area contributed by atoms with Gasteiger partial charge in [0.1, 0.15) is 0 Å². The van der Waals surface area contributed by atoms with Gasteiger partial charge in [-0.1, -0.05) is 78.9 Å². The summed E-state index contributed by atoms with van der Waals surface area (Å²) in [5, 5.41) is 6.76. The standard InChI is InChI=1S/C33H31N3O5S3/c34-43(38,39)29-17-13-25(14-18-29)23-36(21-22-42-28-9-2-1-3-10-28)24-26-15-19-30(20-16-26)44(40,41)35-33(37)32-12-6-8-27-7-4-5-11-31(27)32/h1-20H,21-24H2,(H,35,37)(H2,34,38,39). The largest absolute Gasteiger partial charge is 0.294 e. The lowest BCUT2D eigenvalue weighted by Gasteiger charge is -2.23. The van der Waals surface area contributed by atoms with Gasteiger partial charge in [-0.05, 0) is 64.4 Å². The number of carbonyl (C=O) groups excluding carboxylic acids is 1. The molecule has 0 saturated carbocycles. The lowest BCUT2D eigenvalue weighted by Crippen LogP contribution is -2.30. The molecular formula is C33H31N3O5S3. The van der Waals surface area contributed by atoms with Crippen LogP contribution in [0.2, 0.25) is 0 Å². The van der Waals surface area contributed by atoms with Crippen molar-refractivity contribution in [3.63, 3.8) is 0 Å². The van der Waals surface area contributed by atoms with Gasteiger partial charge in [-0.2, -0.15) is 0 Å². The van der Waals surface area contributed by atoms with Crippen molar-refractivity contribution in [1.82, 2.24) is 9.62 Å². The van der Waals surface area contributed by atoms with Crippen LogP contribution in [0, 0.1) is 0 Å². The van der Waals surface area contributed by atoms with E-state index in [4.69, 9.17) is 5.14 Å². The Morgan fingerprint density at radius 2 is 1.25 bits per heavy atom. The quantitative estimate of drug-likeness (QED) is 0.174. The molecule has 0 aromatic heterocycles. The zero-order chi connectivity index (χ0) is 31.2.